The van der Waals surface area contributed by atoms with E-state index in [9.17, 15) is 9.18 Å². The van der Waals surface area contributed by atoms with Gasteiger partial charge in [0.15, 0.2) is 17.3 Å². The lowest BCUT2D eigenvalue weighted by Gasteiger charge is -2.08. The number of rotatable bonds is 20. The van der Waals surface area contributed by atoms with E-state index in [0.717, 1.165) is 42.6 Å². The van der Waals surface area contributed by atoms with Gasteiger partial charge in [-0.05, 0) is 61.2 Å². The fourth-order valence-electron chi connectivity index (χ4n) is 4.77. The van der Waals surface area contributed by atoms with Crippen molar-refractivity contribution in [3.8, 4) is 22.8 Å². The second kappa shape index (κ2) is 19.0. The highest BCUT2D eigenvalue weighted by molar-refractivity contribution is 5.88. The van der Waals surface area contributed by atoms with Gasteiger partial charge in [0.25, 0.3) is 0 Å². The van der Waals surface area contributed by atoms with Crippen molar-refractivity contribution < 1.29 is 18.7 Å². The first-order valence-electron chi connectivity index (χ1n) is 15.7. The number of carbonyl (C=O) groups excluding carboxylic acids is 1. The molecule has 0 radical (unpaired) electrons. The van der Waals surface area contributed by atoms with E-state index < -0.39 is 11.8 Å². The molecule has 1 heterocycles. The molecule has 0 saturated carbocycles. The maximum atomic E-state index is 14.6. The van der Waals surface area contributed by atoms with Crippen LogP contribution in [0.4, 0.5) is 4.39 Å². The number of aryl methyl sites for hydroxylation is 1. The number of aromatic nitrogens is 2. The van der Waals surface area contributed by atoms with Crippen LogP contribution in [0.5, 0.6) is 11.5 Å². The molecule has 41 heavy (non-hydrogen) atoms. The van der Waals surface area contributed by atoms with Gasteiger partial charge in [0.05, 0.1) is 24.7 Å². The zero-order valence-electron chi connectivity index (χ0n) is 25.0. The third-order valence-corrected chi connectivity index (χ3v) is 7.30. The Morgan fingerprint density at radius 2 is 1.37 bits per heavy atom. The standard InChI is InChI=1S/C35H47FN2O3/c1-3-5-7-9-11-12-14-16-24-40-30-21-19-29(20-22-30)32-26-38-33(27-37-32)35(39)41-34-23-18-28(25-31(34)36)17-15-13-10-8-6-4-2/h18-23,25-27H,3-17,24H2,1-2H3. The van der Waals surface area contributed by atoms with Gasteiger partial charge in [-0.15, -0.1) is 0 Å². The van der Waals surface area contributed by atoms with Crippen LogP contribution in [0.3, 0.4) is 0 Å². The molecule has 0 bridgehead atoms. The van der Waals surface area contributed by atoms with Crippen LogP contribution in [0.25, 0.3) is 11.3 Å². The molecule has 0 saturated heterocycles. The molecule has 0 amide bonds. The summed E-state index contributed by atoms with van der Waals surface area (Å²) in [5, 5.41) is 0. The summed E-state index contributed by atoms with van der Waals surface area (Å²) in [6.45, 7) is 5.16. The van der Waals surface area contributed by atoms with Gasteiger partial charge < -0.3 is 9.47 Å². The first-order chi connectivity index (χ1) is 20.1. The van der Waals surface area contributed by atoms with E-state index in [1.54, 1.807) is 0 Å². The van der Waals surface area contributed by atoms with E-state index in [-0.39, 0.29) is 11.4 Å². The molecule has 0 aliphatic heterocycles. The summed E-state index contributed by atoms with van der Waals surface area (Å²) in [6.07, 6.45) is 21.0. The lowest BCUT2D eigenvalue weighted by molar-refractivity contribution is 0.0721. The van der Waals surface area contributed by atoms with E-state index >= 15 is 0 Å². The first-order valence-corrected chi connectivity index (χ1v) is 15.7. The number of hydrogen-bond donors (Lipinski definition) is 0. The first kappa shape index (κ1) is 32.2. The second-order valence-corrected chi connectivity index (χ2v) is 10.8. The second-order valence-electron chi connectivity index (χ2n) is 10.8. The zero-order chi connectivity index (χ0) is 29.1. The van der Waals surface area contributed by atoms with Gasteiger partial charge in [0.2, 0.25) is 0 Å². The van der Waals surface area contributed by atoms with Crippen molar-refractivity contribution in [1.82, 2.24) is 9.97 Å². The molecule has 0 unspecified atom stereocenters. The van der Waals surface area contributed by atoms with Crippen molar-refractivity contribution in [2.75, 3.05) is 6.61 Å². The van der Waals surface area contributed by atoms with Gasteiger partial charge in [0, 0.05) is 5.56 Å². The highest BCUT2D eigenvalue weighted by atomic mass is 19.1. The quantitative estimate of drug-likeness (QED) is 0.0779. The molecule has 0 atom stereocenters. The zero-order valence-corrected chi connectivity index (χ0v) is 25.0. The molecular formula is C35H47FN2O3. The minimum absolute atomic E-state index is 0.0228. The van der Waals surface area contributed by atoms with Gasteiger partial charge in [-0.25, -0.2) is 14.2 Å². The summed E-state index contributed by atoms with van der Waals surface area (Å²) in [4.78, 5) is 21.1. The average molecular weight is 563 g/mol. The van der Waals surface area contributed by atoms with Crippen molar-refractivity contribution in [3.63, 3.8) is 0 Å². The van der Waals surface area contributed by atoms with Gasteiger partial charge >= 0.3 is 5.97 Å². The summed E-state index contributed by atoms with van der Waals surface area (Å²) in [5.41, 5.74) is 2.42. The molecule has 6 heteroatoms. The number of hydrogen-bond acceptors (Lipinski definition) is 5. The Hall–Kier alpha value is -3.28. The number of carbonyl (C=O) groups is 1. The molecule has 0 fully saturated rings. The molecular weight excluding hydrogens is 515 g/mol. The minimum Gasteiger partial charge on any atom is -0.494 e. The summed E-state index contributed by atoms with van der Waals surface area (Å²) >= 11 is 0. The van der Waals surface area contributed by atoms with Crippen molar-refractivity contribution in [3.05, 3.63) is 71.9 Å². The number of nitrogens with zero attached hydrogens (tertiary/aromatic N) is 2. The molecule has 2 aromatic carbocycles. The predicted octanol–water partition coefficient (Wildman–Crippen LogP) is 9.92. The van der Waals surface area contributed by atoms with Gasteiger partial charge in [-0.1, -0.05) is 97.0 Å². The molecule has 3 rings (SSSR count). The number of halogens is 1. The third kappa shape index (κ3) is 12.0. The molecule has 5 nitrogen and oxygen atoms in total. The highest BCUT2D eigenvalue weighted by Crippen LogP contribution is 2.23. The third-order valence-electron chi connectivity index (χ3n) is 7.30. The van der Waals surface area contributed by atoms with Crippen LogP contribution in [0.1, 0.15) is 120 Å². The van der Waals surface area contributed by atoms with Gasteiger partial charge in [0.1, 0.15) is 5.75 Å². The lowest BCUT2D eigenvalue weighted by Crippen LogP contribution is -2.12. The number of benzene rings is 2. The van der Waals surface area contributed by atoms with Crippen LogP contribution in [-0.2, 0) is 6.42 Å². The van der Waals surface area contributed by atoms with E-state index in [2.05, 4.69) is 23.8 Å². The number of unbranched alkanes of at least 4 members (excludes halogenated alkanes) is 12. The maximum Gasteiger partial charge on any atom is 0.364 e. The summed E-state index contributed by atoms with van der Waals surface area (Å²) in [5.74, 6) is -0.563. The molecule has 3 aromatic rings. The molecule has 0 spiro atoms. The molecule has 1 aromatic heterocycles. The monoisotopic (exact) mass is 562 g/mol. The Morgan fingerprint density at radius 1 is 0.732 bits per heavy atom. The van der Waals surface area contributed by atoms with Crippen LogP contribution in [0.2, 0.25) is 0 Å². The van der Waals surface area contributed by atoms with Crippen LogP contribution >= 0.6 is 0 Å². The van der Waals surface area contributed by atoms with Gasteiger partial charge in [-0.2, -0.15) is 0 Å². The van der Waals surface area contributed by atoms with E-state index in [1.807, 2.05) is 30.3 Å². The highest BCUT2D eigenvalue weighted by Gasteiger charge is 2.15. The summed E-state index contributed by atoms with van der Waals surface area (Å²) < 4.78 is 25.7. The Bertz CT molecular complexity index is 1150. The van der Waals surface area contributed by atoms with E-state index in [0.29, 0.717) is 12.3 Å². The Kier molecular flexibility index (Phi) is 14.9. The predicted molar refractivity (Wildman–Crippen MR) is 164 cm³/mol. The van der Waals surface area contributed by atoms with Crippen molar-refractivity contribution in [1.29, 1.82) is 0 Å². The van der Waals surface area contributed by atoms with Gasteiger partial charge in [-0.3, -0.25) is 4.98 Å². The maximum absolute atomic E-state index is 14.6. The van der Waals surface area contributed by atoms with Crippen molar-refractivity contribution >= 4 is 5.97 Å². The number of esters is 1. The fourth-order valence-corrected chi connectivity index (χ4v) is 4.77. The Labute approximate surface area is 245 Å². The summed E-state index contributed by atoms with van der Waals surface area (Å²) in [6, 6.07) is 12.5. The normalized spacial score (nSPS) is 11.0. The average Bonchev–Trinajstić information content (AvgIpc) is 3.00. The fraction of sp³-hybridized carbons (Fsp3) is 0.514. The van der Waals surface area contributed by atoms with Crippen LogP contribution in [0.15, 0.2) is 54.9 Å². The number of ether oxygens (including phenoxy) is 2. The minimum atomic E-state index is -0.740. The molecule has 0 N–H and O–H groups in total. The summed E-state index contributed by atoms with van der Waals surface area (Å²) in [7, 11) is 0. The largest absolute Gasteiger partial charge is 0.494 e. The topological polar surface area (TPSA) is 61.3 Å². The smallest absolute Gasteiger partial charge is 0.364 e. The SMILES string of the molecule is CCCCCCCCCCOc1ccc(-c2cnc(C(=O)Oc3ccc(CCCCCCCC)cc3F)cn2)cc1. The molecule has 222 valence electrons. The van der Waals surface area contributed by atoms with E-state index in [1.165, 1.54) is 95.2 Å². The Morgan fingerprint density at radius 3 is 1.98 bits per heavy atom. The van der Waals surface area contributed by atoms with E-state index in [4.69, 9.17) is 9.47 Å². The molecule has 0 aliphatic rings. The lowest BCUT2D eigenvalue weighted by atomic mass is 10.0. The van der Waals surface area contributed by atoms with Crippen LogP contribution in [0, 0.1) is 5.82 Å². The Balaban J connectivity index is 1.41. The van der Waals surface area contributed by atoms with Crippen LogP contribution < -0.4 is 9.47 Å². The van der Waals surface area contributed by atoms with Crippen molar-refractivity contribution in [2.45, 2.75) is 110 Å². The van der Waals surface area contributed by atoms with Crippen LogP contribution in [-0.4, -0.2) is 22.5 Å². The molecule has 0 aliphatic carbocycles. The van der Waals surface area contributed by atoms with Crippen molar-refractivity contribution in [2.24, 2.45) is 0 Å².